The van der Waals surface area contributed by atoms with Gasteiger partial charge in [0.1, 0.15) is 11.2 Å². The number of nitrogens with zero attached hydrogens (tertiary/aromatic N) is 3. The average molecular weight is 516 g/mol. The van der Waals surface area contributed by atoms with Crippen LogP contribution in [0.2, 0.25) is 0 Å². The topological polar surface area (TPSA) is 51.8 Å². The maximum Gasteiger partial charge on any atom is 0.164 e. The first-order valence-electron chi connectivity index (χ1n) is 13.5. The van der Waals surface area contributed by atoms with E-state index in [1.165, 1.54) is 22.3 Å². The number of hydrogen-bond acceptors (Lipinski definition) is 4. The van der Waals surface area contributed by atoms with Gasteiger partial charge in [0, 0.05) is 32.9 Å². The summed E-state index contributed by atoms with van der Waals surface area (Å²) in [7, 11) is 0. The zero-order valence-corrected chi connectivity index (χ0v) is 22.2. The molecule has 2 aromatic heterocycles. The molecule has 0 atom stereocenters. The molecule has 0 bridgehead atoms. The van der Waals surface area contributed by atoms with E-state index in [1.807, 2.05) is 60.7 Å². The Morgan fingerprint density at radius 1 is 0.475 bits per heavy atom. The molecule has 5 aromatic carbocycles. The Morgan fingerprint density at radius 3 is 1.73 bits per heavy atom. The second-order valence-corrected chi connectivity index (χ2v) is 10.9. The van der Waals surface area contributed by atoms with Gasteiger partial charge in [-0.3, -0.25) is 0 Å². The lowest BCUT2D eigenvalue weighted by Gasteiger charge is -2.21. The Labute approximate surface area is 232 Å². The molecule has 4 nitrogen and oxygen atoms in total. The molecule has 0 radical (unpaired) electrons. The quantitative estimate of drug-likeness (QED) is 0.235. The Bertz CT molecular complexity index is 2020. The first kappa shape index (κ1) is 22.9. The lowest BCUT2D eigenvalue weighted by atomic mass is 9.82. The van der Waals surface area contributed by atoms with Crippen molar-refractivity contribution in [3.8, 4) is 45.3 Å². The summed E-state index contributed by atoms with van der Waals surface area (Å²) in [5.41, 5.74) is 9.71. The number of furan rings is 1. The van der Waals surface area contributed by atoms with E-state index in [1.54, 1.807) is 0 Å². The molecule has 4 heteroatoms. The molecule has 0 spiro atoms. The molecule has 190 valence electrons. The van der Waals surface area contributed by atoms with Crippen LogP contribution in [0.1, 0.15) is 25.0 Å². The minimum absolute atomic E-state index is 0.0726. The van der Waals surface area contributed by atoms with E-state index in [0.717, 1.165) is 38.6 Å². The second kappa shape index (κ2) is 8.45. The molecule has 8 rings (SSSR count). The van der Waals surface area contributed by atoms with Crippen LogP contribution in [-0.2, 0) is 5.41 Å². The summed E-state index contributed by atoms with van der Waals surface area (Å²) in [5.74, 6) is 1.91. The third-order valence-corrected chi connectivity index (χ3v) is 8.13. The monoisotopic (exact) mass is 515 g/mol. The van der Waals surface area contributed by atoms with Crippen LogP contribution in [0.15, 0.2) is 120 Å². The second-order valence-electron chi connectivity index (χ2n) is 10.9. The van der Waals surface area contributed by atoms with Gasteiger partial charge in [0.15, 0.2) is 17.5 Å². The summed E-state index contributed by atoms with van der Waals surface area (Å²) in [4.78, 5) is 14.6. The van der Waals surface area contributed by atoms with Crippen molar-refractivity contribution in [1.29, 1.82) is 0 Å². The highest BCUT2D eigenvalue weighted by atomic mass is 16.3. The molecule has 1 aliphatic rings. The van der Waals surface area contributed by atoms with Crippen molar-refractivity contribution in [2.75, 3.05) is 0 Å². The summed E-state index contributed by atoms with van der Waals surface area (Å²) >= 11 is 0. The van der Waals surface area contributed by atoms with Gasteiger partial charge in [0.25, 0.3) is 0 Å². The van der Waals surface area contributed by atoms with Gasteiger partial charge in [-0.05, 0) is 46.5 Å². The maximum absolute atomic E-state index is 6.49. The lowest BCUT2D eigenvalue weighted by Crippen LogP contribution is -2.14. The fourth-order valence-corrected chi connectivity index (χ4v) is 6.05. The standard InChI is InChI=1S/C36H25N3O/c1-36(2)29-16-10-9-15-25(29)27-20-28-26-18-17-24(19-31(26)40-32(28)21-30(27)36)35-38-33(22-11-5-3-6-12-22)37-34(39-35)23-13-7-4-8-14-23/h3-21H,1-2H3. The molecule has 0 fully saturated rings. The predicted molar refractivity (Wildman–Crippen MR) is 161 cm³/mol. The Balaban J connectivity index is 1.30. The van der Waals surface area contributed by atoms with Crippen LogP contribution in [0.4, 0.5) is 0 Å². The van der Waals surface area contributed by atoms with Crippen LogP contribution in [0.3, 0.4) is 0 Å². The fourth-order valence-electron chi connectivity index (χ4n) is 6.05. The highest BCUT2D eigenvalue weighted by Crippen LogP contribution is 2.50. The minimum Gasteiger partial charge on any atom is -0.456 e. The van der Waals surface area contributed by atoms with Crippen LogP contribution in [0.5, 0.6) is 0 Å². The number of benzene rings is 5. The van der Waals surface area contributed by atoms with E-state index in [9.17, 15) is 0 Å². The molecule has 2 heterocycles. The maximum atomic E-state index is 6.49. The minimum atomic E-state index is -0.0726. The van der Waals surface area contributed by atoms with Crippen molar-refractivity contribution in [1.82, 2.24) is 15.0 Å². The van der Waals surface area contributed by atoms with Gasteiger partial charge in [-0.1, -0.05) is 105 Å². The smallest absolute Gasteiger partial charge is 0.164 e. The first-order valence-corrected chi connectivity index (χ1v) is 13.5. The molecule has 0 unspecified atom stereocenters. The molecule has 0 amide bonds. The third-order valence-electron chi connectivity index (χ3n) is 8.13. The Hall–Kier alpha value is -5.09. The van der Waals surface area contributed by atoms with E-state index in [2.05, 4.69) is 68.4 Å². The normalized spacial score (nSPS) is 13.4. The largest absolute Gasteiger partial charge is 0.456 e. The van der Waals surface area contributed by atoms with Gasteiger partial charge in [0.2, 0.25) is 0 Å². The van der Waals surface area contributed by atoms with E-state index in [0.29, 0.717) is 17.5 Å². The molecule has 0 saturated heterocycles. The number of aromatic nitrogens is 3. The van der Waals surface area contributed by atoms with E-state index in [-0.39, 0.29) is 5.41 Å². The molecule has 0 N–H and O–H groups in total. The van der Waals surface area contributed by atoms with E-state index in [4.69, 9.17) is 19.4 Å². The molecule has 40 heavy (non-hydrogen) atoms. The van der Waals surface area contributed by atoms with Gasteiger partial charge in [-0.15, -0.1) is 0 Å². The van der Waals surface area contributed by atoms with Crippen LogP contribution >= 0.6 is 0 Å². The first-order chi connectivity index (χ1) is 19.6. The Kier molecular flexibility index (Phi) is 4.83. The van der Waals surface area contributed by atoms with Crippen LogP contribution in [0, 0.1) is 0 Å². The lowest BCUT2D eigenvalue weighted by molar-refractivity contribution is 0.647. The summed E-state index contributed by atoms with van der Waals surface area (Å²) in [6, 6.07) is 39.6. The molecule has 7 aromatic rings. The van der Waals surface area contributed by atoms with Crippen molar-refractivity contribution in [2.45, 2.75) is 19.3 Å². The zero-order valence-electron chi connectivity index (χ0n) is 22.2. The summed E-state index contributed by atoms with van der Waals surface area (Å²) < 4.78 is 6.49. The fraction of sp³-hybridized carbons (Fsp3) is 0.0833. The van der Waals surface area contributed by atoms with Crippen molar-refractivity contribution >= 4 is 21.9 Å². The predicted octanol–water partition coefficient (Wildman–Crippen LogP) is 9.08. The van der Waals surface area contributed by atoms with Crippen LogP contribution < -0.4 is 0 Å². The van der Waals surface area contributed by atoms with Gasteiger partial charge < -0.3 is 4.42 Å². The average Bonchev–Trinajstić information content (AvgIpc) is 3.48. The van der Waals surface area contributed by atoms with Crippen molar-refractivity contribution < 1.29 is 4.42 Å². The van der Waals surface area contributed by atoms with Gasteiger partial charge in [0.05, 0.1) is 0 Å². The molecule has 0 aliphatic heterocycles. The van der Waals surface area contributed by atoms with Crippen molar-refractivity contribution in [3.05, 3.63) is 126 Å². The molecule has 0 saturated carbocycles. The molecule has 1 aliphatic carbocycles. The van der Waals surface area contributed by atoms with Crippen LogP contribution in [0.25, 0.3) is 67.2 Å². The zero-order chi connectivity index (χ0) is 26.8. The molecular formula is C36H25N3O. The van der Waals surface area contributed by atoms with Gasteiger partial charge in [-0.25, -0.2) is 15.0 Å². The highest BCUT2D eigenvalue weighted by Gasteiger charge is 2.36. The highest BCUT2D eigenvalue weighted by molar-refractivity contribution is 6.08. The Morgan fingerprint density at radius 2 is 1.05 bits per heavy atom. The summed E-state index contributed by atoms with van der Waals surface area (Å²) in [6.07, 6.45) is 0. The number of hydrogen-bond donors (Lipinski definition) is 0. The van der Waals surface area contributed by atoms with Crippen molar-refractivity contribution in [2.24, 2.45) is 0 Å². The van der Waals surface area contributed by atoms with Gasteiger partial charge in [-0.2, -0.15) is 0 Å². The number of fused-ring (bicyclic) bond motifs is 6. The van der Waals surface area contributed by atoms with E-state index >= 15 is 0 Å². The van der Waals surface area contributed by atoms with Crippen LogP contribution in [-0.4, -0.2) is 15.0 Å². The summed E-state index contributed by atoms with van der Waals surface area (Å²) in [6.45, 7) is 4.58. The number of rotatable bonds is 3. The molecular weight excluding hydrogens is 490 g/mol. The summed E-state index contributed by atoms with van der Waals surface area (Å²) in [5, 5.41) is 2.21. The third kappa shape index (κ3) is 3.43. The van der Waals surface area contributed by atoms with E-state index < -0.39 is 0 Å². The van der Waals surface area contributed by atoms with Crippen molar-refractivity contribution in [3.63, 3.8) is 0 Å². The van der Waals surface area contributed by atoms with Gasteiger partial charge >= 0.3 is 0 Å². The SMILES string of the molecule is CC1(C)c2ccccc2-c2cc3c(cc21)oc1cc(-c2nc(-c4ccccc4)nc(-c4ccccc4)n2)ccc13.